The highest BCUT2D eigenvalue weighted by molar-refractivity contribution is 5.23. The molecule has 0 fully saturated rings. The summed E-state index contributed by atoms with van der Waals surface area (Å²) in [5.41, 5.74) is -0.0505. The van der Waals surface area contributed by atoms with Crippen LogP contribution in [-0.4, -0.2) is 20.9 Å². The Labute approximate surface area is 83.7 Å². The molecule has 0 unspecified atom stereocenters. The van der Waals surface area contributed by atoms with Gasteiger partial charge in [-0.05, 0) is 12.8 Å². The number of anilines is 1. The molecule has 0 saturated heterocycles. The molecule has 0 aromatic carbocycles. The monoisotopic (exact) mass is 198 g/mol. The van der Waals surface area contributed by atoms with Gasteiger partial charge in [-0.2, -0.15) is 0 Å². The molecule has 1 rings (SSSR count). The highest BCUT2D eigenvalue weighted by Gasteiger charge is 2.08. The number of nitrogens with one attached hydrogen (secondary N) is 1. The van der Waals surface area contributed by atoms with E-state index < -0.39 is 0 Å². The van der Waals surface area contributed by atoms with E-state index in [2.05, 4.69) is 17.3 Å². The smallest absolute Gasteiger partial charge is 0.347 e. The Morgan fingerprint density at radius 3 is 2.64 bits per heavy atom. The first-order chi connectivity index (χ1) is 6.70. The molecule has 0 aliphatic rings. The molecule has 0 atom stereocenters. The lowest BCUT2D eigenvalue weighted by Gasteiger charge is -2.04. The minimum Gasteiger partial charge on any atom is -0.354 e. The second-order valence-corrected chi connectivity index (χ2v) is 3.31. The van der Waals surface area contributed by atoms with Gasteiger partial charge >= 0.3 is 5.69 Å². The Morgan fingerprint density at radius 2 is 2.07 bits per heavy atom. The third kappa shape index (κ3) is 2.16. The van der Waals surface area contributed by atoms with E-state index >= 15 is 0 Å². The van der Waals surface area contributed by atoms with Crippen molar-refractivity contribution in [3.05, 3.63) is 10.5 Å². The van der Waals surface area contributed by atoms with Gasteiger partial charge in [0, 0.05) is 20.1 Å². The molecule has 5 nitrogen and oxygen atoms in total. The largest absolute Gasteiger partial charge is 0.354 e. The third-order valence-corrected chi connectivity index (χ3v) is 1.99. The van der Waals surface area contributed by atoms with Crippen LogP contribution in [0.25, 0.3) is 0 Å². The second kappa shape index (κ2) is 4.83. The summed E-state index contributed by atoms with van der Waals surface area (Å²) in [6.07, 6.45) is 1.96. The molecule has 0 radical (unpaired) electrons. The molecule has 14 heavy (non-hydrogen) atoms. The number of aryl methyl sites for hydroxylation is 1. The van der Waals surface area contributed by atoms with E-state index in [9.17, 15) is 4.79 Å². The Bertz CT molecular complexity index is 339. The van der Waals surface area contributed by atoms with Crippen molar-refractivity contribution in [1.29, 1.82) is 0 Å². The van der Waals surface area contributed by atoms with E-state index in [1.54, 1.807) is 11.6 Å². The average molecular weight is 198 g/mol. The summed E-state index contributed by atoms with van der Waals surface area (Å²) in [4.78, 5) is 11.6. The van der Waals surface area contributed by atoms with E-state index in [1.165, 1.54) is 4.68 Å². The Balaban J connectivity index is 2.90. The van der Waals surface area contributed by atoms with Gasteiger partial charge in [-0.3, -0.25) is 4.57 Å². The number of aromatic nitrogens is 3. The van der Waals surface area contributed by atoms with Crippen molar-refractivity contribution in [3.8, 4) is 0 Å². The summed E-state index contributed by atoms with van der Waals surface area (Å²) in [5, 5.41) is 7.26. The fourth-order valence-corrected chi connectivity index (χ4v) is 1.30. The Kier molecular flexibility index (Phi) is 3.73. The van der Waals surface area contributed by atoms with Gasteiger partial charge in [-0.15, -0.1) is 5.10 Å². The minimum absolute atomic E-state index is 0.0505. The van der Waals surface area contributed by atoms with E-state index in [-0.39, 0.29) is 5.69 Å². The first-order valence-electron chi connectivity index (χ1n) is 5.08. The van der Waals surface area contributed by atoms with Gasteiger partial charge in [0.1, 0.15) is 0 Å². The minimum atomic E-state index is -0.0505. The molecular weight excluding hydrogens is 180 g/mol. The maximum atomic E-state index is 11.6. The molecule has 1 aromatic heterocycles. The van der Waals surface area contributed by atoms with Crippen molar-refractivity contribution in [3.63, 3.8) is 0 Å². The van der Waals surface area contributed by atoms with Gasteiger partial charge in [-0.25, -0.2) is 9.48 Å². The molecular formula is C9H18N4O. The zero-order chi connectivity index (χ0) is 10.6. The molecule has 0 amide bonds. The summed E-state index contributed by atoms with van der Waals surface area (Å²) in [7, 11) is 1.67. The van der Waals surface area contributed by atoms with Crippen LogP contribution in [-0.2, 0) is 13.6 Å². The zero-order valence-corrected chi connectivity index (χ0v) is 9.08. The van der Waals surface area contributed by atoms with Crippen LogP contribution in [0, 0.1) is 0 Å². The van der Waals surface area contributed by atoms with E-state index in [0.29, 0.717) is 5.95 Å². The maximum absolute atomic E-state index is 11.6. The molecule has 5 heteroatoms. The lowest BCUT2D eigenvalue weighted by atomic mass is 10.5. The SMILES string of the molecule is CCCNc1nn(C)c(=O)n1CCC. The van der Waals surface area contributed by atoms with Gasteiger partial charge in [-0.1, -0.05) is 13.8 Å². The van der Waals surface area contributed by atoms with Crippen molar-refractivity contribution in [2.45, 2.75) is 33.2 Å². The quantitative estimate of drug-likeness (QED) is 0.762. The van der Waals surface area contributed by atoms with E-state index in [4.69, 9.17) is 0 Å². The second-order valence-electron chi connectivity index (χ2n) is 3.31. The molecule has 0 aliphatic carbocycles. The summed E-state index contributed by atoms with van der Waals surface area (Å²) in [5.74, 6) is 0.682. The predicted molar refractivity (Wildman–Crippen MR) is 56.5 cm³/mol. The molecule has 0 aliphatic heterocycles. The van der Waals surface area contributed by atoms with E-state index in [1.807, 2.05) is 6.92 Å². The zero-order valence-electron chi connectivity index (χ0n) is 9.08. The summed E-state index contributed by atoms with van der Waals surface area (Å²) in [6, 6.07) is 0. The van der Waals surface area contributed by atoms with Crippen LogP contribution < -0.4 is 11.0 Å². The number of nitrogens with zero attached hydrogens (tertiary/aromatic N) is 3. The van der Waals surface area contributed by atoms with Crippen LogP contribution in [0.2, 0.25) is 0 Å². The Morgan fingerprint density at radius 1 is 1.36 bits per heavy atom. The van der Waals surface area contributed by atoms with E-state index in [0.717, 1.165) is 25.9 Å². The van der Waals surface area contributed by atoms with Gasteiger partial charge in [0.2, 0.25) is 5.95 Å². The van der Waals surface area contributed by atoms with Gasteiger partial charge in [0.15, 0.2) is 0 Å². The molecule has 0 bridgehead atoms. The van der Waals surface area contributed by atoms with Crippen LogP contribution >= 0.6 is 0 Å². The predicted octanol–water partition coefficient (Wildman–Crippen LogP) is 0.814. The van der Waals surface area contributed by atoms with Crippen molar-refractivity contribution in [1.82, 2.24) is 14.3 Å². The van der Waals surface area contributed by atoms with Crippen LogP contribution in [0.15, 0.2) is 4.79 Å². The summed E-state index contributed by atoms with van der Waals surface area (Å²) < 4.78 is 3.04. The van der Waals surface area contributed by atoms with Gasteiger partial charge in [0.05, 0.1) is 0 Å². The standard InChI is InChI=1S/C9H18N4O/c1-4-6-10-8-11-12(3)9(14)13(8)7-5-2/h4-7H2,1-3H3,(H,10,11). The van der Waals surface area contributed by atoms with Crippen LogP contribution in [0.5, 0.6) is 0 Å². The van der Waals surface area contributed by atoms with Crippen molar-refractivity contribution in [2.24, 2.45) is 7.05 Å². The molecule has 0 spiro atoms. The van der Waals surface area contributed by atoms with Crippen molar-refractivity contribution < 1.29 is 0 Å². The van der Waals surface area contributed by atoms with Gasteiger partial charge < -0.3 is 5.32 Å². The first-order valence-corrected chi connectivity index (χ1v) is 5.08. The topological polar surface area (TPSA) is 51.9 Å². The lowest BCUT2D eigenvalue weighted by Crippen LogP contribution is -2.23. The van der Waals surface area contributed by atoms with Crippen molar-refractivity contribution in [2.75, 3.05) is 11.9 Å². The average Bonchev–Trinajstić information content (AvgIpc) is 2.43. The number of hydrogen-bond donors (Lipinski definition) is 1. The van der Waals surface area contributed by atoms with Crippen LogP contribution in [0.4, 0.5) is 5.95 Å². The molecule has 1 heterocycles. The highest BCUT2D eigenvalue weighted by atomic mass is 16.2. The van der Waals surface area contributed by atoms with Gasteiger partial charge in [0.25, 0.3) is 0 Å². The molecule has 1 aromatic rings. The first kappa shape index (κ1) is 10.8. The number of hydrogen-bond acceptors (Lipinski definition) is 3. The Hall–Kier alpha value is -1.26. The highest BCUT2D eigenvalue weighted by Crippen LogP contribution is 2.00. The van der Waals surface area contributed by atoms with Crippen molar-refractivity contribution >= 4 is 5.95 Å². The number of rotatable bonds is 5. The lowest BCUT2D eigenvalue weighted by molar-refractivity contribution is 0.634. The summed E-state index contributed by atoms with van der Waals surface area (Å²) >= 11 is 0. The third-order valence-electron chi connectivity index (χ3n) is 1.99. The summed E-state index contributed by atoms with van der Waals surface area (Å²) in [6.45, 7) is 5.69. The fourth-order valence-electron chi connectivity index (χ4n) is 1.30. The molecule has 1 N–H and O–H groups in total. The maximum Gasteiger partial charge on any atom is 0.347 e. The molecule has 80 valence electrons. The molecule has 0 saturated carbocycles. The van der Waals surface area contributed by atoms with Crippen LogP contribution in [0.3, 0.4) is 0 Å². The fraction of sp³-hybridized carbons (Fsp3) is 0.778. The van der Waals surface area contributed by atoms with Crippen LogP contribution in [0.1, 0.15) is 26.7 Å². The normalized spacial score (nSPS) is 10.5.